The minimum Gasteiger partial charge on any atom is -0.481 e. The molecule has 0 saturated heterocycles. The fraction of sp³-hybridized carbons (Fsp3) is 0.739. The molecule has 4 aliphatic carbocycles. The Bertz CT molecular complexity index is 769. The summed E-state index contributed by atoms with van der Waals surface area (Å²) < 4.78 is 0. The highest BCUT2D eigenvalue weighted by molar-refractivity contribution is 5.70. The summed E-state index contributed by atoms with van der Waals surface area (Å²) in [5.74, 6) is 2.15. The van der Waals surface area contributed by atoms with E-state index in [9.17, 15) is 9.90 Å². The molecule has 4 aliphatic rings. The lowest BCUT2D eigenvalue weighted by atomic mass is 9.47. The van der Waals surface area contributed by atoms with Crippen LogP contribution in [0.4, 0.5) is 0 Å². The largest absolute Gasteiger partial charge is 0.481 e. The van der Waals surface area contributed by atoms with Gasteiger partial charge in [-0.3, -0.25) is 9.89 Å². The van der Waals surface area contributed by atoms with Gasteiger partial charge in [-0.1, -0.05) is 25.5 Å². The number of hydrogen-bond acceptors (Lipinski definition) is 2. The van der Waals surface area contributed by atoms with Crippen molar-refractivity contribution in [2.45, 2.75) is 71.1 Å². The Kier molecular flexibility index (Phi) is 3.86. The van der Waals surface area contributed by atoms with E-state index in [2.05, 4.69) is 36.2 Å². The zero-order valence-electron chi connectivity index (χ0n) is 16.6. The fourth-order valence-electron chi connectivity index (χ4n) is 7.84. The average Bonchev–Trinajstić information content (AvgIpc) is 3.27. The molecule has 1 aromatic heterocycles. The van der Waals surface area contributed by atoms with E-state index < -0.39 is 5.97 Å². The first kappa shape index (κ1) is 17.5. The van der Waals surface area contributed by atoms with Crippen LogP contribution in [0.25, 0.3) is 0 Å². The van der Waals surface area contributed by atoms with Gasteiger partial charge >= 0.3 is 5.97 Å². The summed E-state index contributed by atoms with van der Waals surface area (Å²) in [5.41, 5.74) is 3.42. The standard InChI is InChI=1S/C23H32N2O2/c1-22-10-7-14(21(26)27)13-15(22)3-4-16-17-5-6-19(20-9-12-24-25-20)23(17,2)11-8-18(16)22/h3,9,12,14,16-19H,4-8,10-11,13H2,1-2H3,(H,24,25)(H,26,27). The number of carboxylic acid groups (broad SMARTS) is 1. The van der Waals surface area contributed by atoms with E-state index in [0.29, 0.717) is 11.3 Å². The SMILES string of the molecule is CC12CCC(C(=O)O)CC1=CCC1C2CCC2(C)C(c3ccn[nH]3)CCC12. The maximum absolute atomic E-state index is 11.5. The Morgan fingerprint density at radius 3 is 2.78 bits per heavy atom. The van der Waals surface area contributed by atoms with Gasteiger partial charge in [0.15, 0.2) is 0 Å². The number of carbonyl (C=O) groups is 1. The van der Waals surface area contributed by atoms with Gasteiger partial charge in [0.1, 0.15) is 0 Å². The Balaban J connectivity index is 1.44. The number of H-pyrrole nitrogens is 1. The summed E-state index contributed by atoms with van der Waals surface area (Å²) in [5, 5.41) is 17.0. The number of carboxylic acids is 1. The summed E-state index contributed by atoms with van der Waals surface area (Å²) in [6, 6.07) is 2.18. The van der Waals surface area contributed by atoms with Crippen LogP contribution in [0.2, 0.25) is 0 Å². The maximum atomic E-state index is 11.5. The van der Waals surface area contributed by atoms with E-state index in [1.54, 1.807) is 0 Å². The molecule has 7 unspecified atom stereocenters. The molecule has 0 radical (unpaired) electrons. The molecule has 2 N–H and O–H groups in total. The zero-order chi connectivity index (χ0) is 18.8. The summed E-state index contributed by atoms with van der Waals surface area (Å²) >= 11 is 0. The Morgan fingerprint density at radius 1 is 1.19 bits per heavy atom. The van der Waals surface area contributed by atoms with Crippen LogP contribution >= 0.6 is 0 Å². The lowest BCUT2D eigenvalue weighted by molar-refractivity contribution is -0.143. The molecular formula is C23H32N2O2. The predicted molar refractivity (Wildman–Crippen MR) is 104 cm³/mol. The van der Waals surface area contributed by atoms with Gasteiger partial charge in [0.05, 0.1) is 5.92 Å². The summed E-state index contributed by atoms with van der Waals surface area (Å²) in [6.45, 7) is 4.99. The van der Waals surface area contributed by atoms with Crippen LogP contribution in [0.1, 0.15) is 76.8 Å². The molecule has 0 bridgehead atoms. The zero-order valence-corrected chi connectivity index (χ0v) is 16.6. The number of aromatic nitrogens is 2. The predicted octanol–water partition coefficient (Wildman–Crippen LogP) is 5.16. The number of allylic oxidation sites excluding steroid dienone is 2. The van der Waals surface area contributed by atoms with Crippen molar-refractivity contribution in [3.05, 3.63) is 29.6 Å². The summed E-state index contributed by atoms with van der Waals surface area (Å²) in [6.07, 6.45) is 13.4. The van der Waals surface area contributed by atoms with Gasteiger partial charge in [-0.05, 0) is 86.0 Å². The highest BCUT2D eigenvalue weighted by Crippen LogP contribution is 2.68. The number of fused-ring (bicyclic) bond motifs is 5. The Labute approximate surface area is 161 Å². The number of hydrogen-bond donors (Lipinski definition) is 2. The number of rotatable bonds is 2. The topological polar surface area (TPSA) is 66.0 Å². The molecule has 4 nitrogen and oxygen atoms in total. The molecule has 146 valence electrons. The van der Waals surface area contributed by atoms with Crippen molar-refractivity contribution in [3.63, 3.8) is 0 Å². The van der Waals surface area contributed by atoms with Crippen LogP contribution < -0.4 is 0 Å². The monoisotopic (exact) mass is 368 g/mol. The van der Waals surface area contributed by atoms with Gasteiger partial charge in [-0.25, -0.2) is 0 Å². The van der Waals surface area contributed by atoms with Crippen molar-refractivity contribution in [3.8, 4) is 0 Å². The van der Waals surface area contributed by atoms with Crippen LogP contribution in [-0.4, -0.2) is 21.3 Å². The second-order valence-corrected chi connectivity index (χ2v) is 10.2. The molecule has 5 rings (SSSR count). The number of aromatic amines is 1. The normalized spacial score (nSPS) is 46.1. The van der Waals surface area contributed by atoms with Gasteiger partial charge in [-0.2, -0.15) is 5.10 Å². The van der Waals surface area contributed by atoms with Crippen LogP contribution in [0.3, 0.4) is 0 Å². The second kappa shape index (κ2) is 5.96. The highest BCUT2D eigenvalue weighted by Gasteiger charge is 2.59. The van der Waals surface area contributed by atoms with Crippen LogP contribution in [0.15, 0.2) is 23.9 Å². The molecule has 0 amide bonds. The molecule has 0 aliphatic heterocycles. The molecular weight excluding hydrogens is 336 g/mol. The smallest absolute Gasteiger partial charge is 0.306 e. The van der Waals surface area contributed by atoms with Crippen LogP contribution in [0, 0.1) is 34.5 Å². The summed E-state index contributed by atoms with van der Waals surface area (Å²) in [4.78, 5) is 11.5. The van der Waals surface area contributed by atoms with Crippen LogP contribution in [0.5, 0.6) is 0 Å². The van der Waals surface area contributed by atoms with Crippen molar-refractivity contribution < 1.29 is 9.90 Å². The van der Waals surface area contributed by atoms with Crippen LogP contribution in [-0.2, 0) is 4.79 Å². The molecule has 3 saturated carbocycles. The molecule has 4 heteroatoms. The first-order valence-electron chi connectivity index (χ1n) is 10.8. The van der Waals surface area contributed by atoms with E-state index in [1.807, 2.05) is 6.20 Å². The van der Waals surface area contributed by atoms with E-state index in [1.165, 1.54) is 37.0 Å². The van der Waals surface area contributed by atoms with E-state index in [-0.39, 0.29) is 11.3 Å². The fourth-order valence-corrected chi connectivity index (χ4v) is 7.84. The van der Waals surface area contributed by atoms with Crippen molar-refractivity contribution in [2.75, 3.05) is 0 Å². The summed E-state index contributed by atoms with van der Waals surface area (Å²) in [7, 11) is 0. The third-order valence-electron chi connectivity index (χ3n) is 9.35. The van der Waals surface area contributed by atoms with E-state index in [4.69, 9.17) is 0 Å². The van der Waals surface area contributed by atoms with Gasteiger partial charge in [0.2, 0.25) is 0 Å². The van der Waals surface area contributed by atoms with E-state index in [0.717, 1.165) is 43.4 Å². The third-order valence-corrected chi connectivity index (χ3v) is 9.35. The van der Waals surface area contributed by atoms with Crippen molar-refractivity contribution in [1.82, 2.24) is 10.2 Å². The minimum absolute atomic E-state index is 0.161. The van der Waals surface area contributed by atoms with Crippen molar-refractivity contribution in [1.29, 1.82) is 0 Å². The second-order valence-electron chi connectivity index (χ2n) is 10.2. The molecule has 0 spiro atoms. The molecule has 1 aromatic rings. The van der Waals surface area contributed by atoms with Gasteiger partial charge < -0.3 is 5.11 Å². The first-order valence-corrected chi connectivity index (χ1v) is 10.8. The van der Waals surface area contributed by atoms with Gasteiger partial charge in [0, 0.05) is 17.8 Å². The number of nitrogens with one attached hydrogen (secondary N) is 1. The third kappa shape index (κ3) is 2.41. The average molecular weight is 369 g/mol. The quantitative estimate of drug-likeness (QED) is 0.709. The molecule has 3 fully saturated rings. The minimum atomic E-state index is -0.602. The molecule has 7 atom stereocenters. The van der Waals surface area contributed by atoms with Gasteiger partial charge in [0.25, 0.3) is 0 Å². The number of aliphatic carboxylic acids is 1. The molecule has 1 heterocycles. The lowest BCUT2D eigenvalue weighted by Gasteiger charge is -2.58. The Hall–Kier alpha value is -1.58. The molecule has 27 heavy (non-hydrogen) atoms. The Morgan fingerprint density at radius 2 is 2.04 bits per heavy atom. The lowest BCUT2D eigenvalue weighted by Crippen LogP contribution is -2.50. The molecule has 0 aromatic carbocycles. The maximum Gasteiger partial charge on any atom is 0.306 e. The van der Waals surface area contributed by atoms with E-state index >= 15 is 0 Å². The van der Waals surface area contributed by atoms with Crippen molar-refractivity contribution >= 4 is 5.97 Å². The van der Waals surface area contributed by atoms with Gasteiger partial charge in [-0.15, -0.1) is 0 Å². The highest BCUT2D eigenvalue weighted by atomic mass is 16.4. The first-order chi connectivity index (χ1) is 12.9. The van der Waals surface area contributed by atoms with Crippen molar-refractivity contribution in [2.24, 2.45) is 34.5 Å². The number of nitrogens with zero attached hydrogens (tertiary/aromatic N) is 1.